The number of aliphatic hydroxyl groups excluding tert-OH is 1. The molecule has 0 aliphatic carbocycles. The van der Waals surface area contributed by atoms with Crippen LogP contribution in [0.15, 0.2) is 40.9 Å². The van der Waals surface area contributed by atoms with Gasteiger partial charge in [-0.25, -0.2) is 8.78 Å². The number of halogens is 3. The average molecular weight is 343 g/mol. The second-order valence-electron chi connectivity index (χ2n) is 4.35. The molecule has 0 heterocycles. The van der Waals surface area contributed by atoms with Gasteiger partial charge < -0.3 is 9.84 Å². The summed E-state index contributed by atoms with van der Waals surface area (Å²) in [5, 5.41) is 10.2. The zero-order chi connectivity index (χ0) is 14.7. The lowest BCUT2D eigenvalue weighted by molar-refractivity contribution is 0.174. The molecule has 20 heavy (non-hydrogen) atoms. The van der Waals surface area contributed by atoms with E-state index in [1.54, 1.807) is 18.2 Å². The third kappa shape index (κ3) is 3.35. The molecular formula is C15H13BrF2O2. The molecule has 0 bridgehead atoms. The van der Waals surface area contributed by atoms with Gasteiger partial charge in [0.1, 0.15) is 5.75 Å². The van der Waals surface area contributed by atoms with Crippen molar-refractivity contribution < 1.29 is 18.6 Å². The molecular weight excluding hydrogens is 330 g/mol. The van der Waals surface area contributed by atoms with E-state index in [-0.39, 0.29) is 6.42 Å². The largest absolute Gasteiger partial charge is 0.496 e. The van der Waals surface area contributed by atoms with Crippen LogP contribution in [-0.2, 0) is 6.42 Å². The Kier molecular flexibility index (Phi) is 4.73. The molecule has 2 aromatic rings. The normalized spacial score (nSPS) is 12.2. The van der Waals surface area contributed by atoms with Crippen LogP contribution in [0.4, 0.5) is 8.78 Å². The minimum absolute atomic E-state index is 0.176. The van der Waals surface area contributed by atoms with Crippen LogP contribution in [0.25, 0.3) is 0 Å². The zero-order valence-corrected chi connectivity index (χ0v) is 12.3. The van der Waals surface area contributed by atoms with E-state index in [0.717, 1.165) is 16.6 Å². The number of rotatable bonds is 4. The lowest BCUT2D eigenvalue weighted by Gasteiger charge is -2.15. The number of aliphatic hydroxyl groups is 1. The van der Waals surface area contributed by atoms with E-state index in [9.17, 15) is 13.9 Å². The van der Waals surface area contributed by atoms with Crippen LogP contribution in [0, 0.1) is 11.6 Å². The van der Waals surface area contributed by atoms with E-state index >= 15 is 0 Å². The van der Waals surface area contributed by atoms with Gasteiger partial charge in [-0.2, -0.15) is 0 Å². The summed E-state index contributed by atoms with van der Waals surface area (Å²) >= 11 is 3.32. The molecule has 2 rings (SSSR count). The number of hydrogen-bond donors (Lipinski definition) is 1. The Balaban J connectivity index is 2.23. The third-order valence-electron chi connectivity index (χ3n) is 2.97. The summed E-state index contributed by atoms with van der Waals surface area (Å²) in [6, 6.07) is 8.84. The maximum absolute atomic E-state index is 13.1. The van der Waals surface area contributed by atoms with Crippen LogP contribution in [0.1, 0.15) is 17.2 Å². The quantitative estimate of drug-likeness (QED) is 0.909. The molecule has 1 unspecified atom stereocenters. The predicted octanol–water partition coefficient (Wildman–Crippen LogP) is 4.01. The molecule has 106 valence electrons. The van der Waals surface area contributed by atoms with Gasteiger partial charge in [0.15, 0.2) is 11.6 Å². The standard InChI is InChI=1S/C15H13BrF2O2/c1-20-15-8-10(16)3-4-11(15)14(19)7-9-2-5-12(17)13(18)6-9/h2-6,8,14,19H,7H2,1H3. The van der Waals surface area contributed by atoms with E-state index in [2.05, 4.69) is 15.9 Å². The van der Waals surface area contributed by atoms with Crippen molar-refractivity contribution in [1.82, 2.24) is 0 Å². The molecule has 2 aromatic carbocycles. The van der Waals surface area contributed by atoms with Crippen LogP contribution in [-0.4, -0.2) is 12.2 Å². The average Bonchev–Trinajstić information content (AvgIpc) is 2.42. The van der Waals surface area contributed by atoms with Crippen molar-refractivity contribution >= 4 is 15.9 Å². The topological polar surface area (TPSA) is 29.5 Å². The molecule has 5 heteroatoms. The van der Waals surface area contributed by atoms with Gasteiger partial charge in [-0.15, -0.1) is 0 Å². The highest BCUT2D eigenvalue weighted by molar-refractivity contribution is 9.10. The summed E-state index contributed by atoms with van der Waals surface area (Å²) in [4.78, 5) is 0. The lowest BCUT2D eigenvalue weighted by atomic mass is 10.0. The van der Waals surface area contributed by atoms with Gasteiger partial charge in [-0.05, 0) is 29.8 Å². The maximum Gasteiger partial charge on any atom is 0.159 e. The highest BCUT2D eigenvalue weighted by Gasteiger charge is 2.15. The minimum atomic E-state index is -0.919. The van der Waals surface area contributed by atoms with Crippen molar-refractivity contribution in [3.8, 4) is 5.75 Å². The van der Waals surface area contributed by atoms with Gasteiger partial charge in [0.2, 0.25) is 0 Å². The molecule has 0 fully saturated rings. The Morgan fingerprint density at radius 1 is 1.15 bits per heavy atom. The number of methoxy groups -OCH3 is 1. The second-order valence-corrected chi connectivity index (χ2v) is 5.27. The number of ether oxygens (including phenoxy) is 1. The summed E-state index contributed by atoms with van der Waals surface area (Å²) < 4.78 is 32.0. The van der Waals surface area contributed by atoms with Gasteiger partial charge in [0.25, 0.3) is 0 Å². The Labute approximate surface area is 124 Å². The van der Waals surface area contributed by atoms with E-state index in [1.165, 1.54) is 13.2 Å². The van der Waals surface area contributed by atoms with Crippen LogP contribution >= 0.6 is 15.9 Å². The van der Waals surface area contributed by atoms with Crippen molar-refractivity contribution in [2.45, 2.75) is 12.5 Å². The first-order valence-corrected chi connectivity index (χ1v) is 6.76. The fourth-order valence-corrected chi connectivity index (χ4v) is 2.30. The van der Waals surface area contributed by atoms with Gasteiger partial charge >= 0.3 is 0 Å². The van der Waals surface area contributed by atoms with Crippen molar-refractivity contribution in [3.63, 3.8) is 0 Å². The maximum atomic E-state index is 13.1. The summed E-state index contributed by atoms with van der Waals surface area (Å²) in [6.45, 7) is 0. The van der Waals surface area contributed by atoms with E-state index in [0.29, 0.717) is 16.9 Å². The van der Waals surface area contributed by atoms with Gasteiger partial charge in [-0.3, -0.25) is 0 Å². The van der Waals surface area contributed by atoms with Crippen molar-refractivity contribution in [1.29, 1.82) is 0 Å². The van der Waals surface area contributed by atoms with Gasteiger partial charge in [0, 0.05) is 16.5 Å². The third-order valence-corrected chi connectivity index (χ3v) is 3.46. The zero-order valence-electron chi connectivity index (χ0n) is 10.7. The van der Waals surface area contributed by atoms with Crippen LogP contribution in [0.3, 0.4) is 0 Å². The SMILES string of the molecule is COc1cc(Br)ccc1C(O)Cc1ccc(F)c(F)c1. The first-order valence-electron chi connectivity index (χ1n) is 5.96. The number of benzene rings is 2. The molecule has 2 nitrogen and oxygen atoms in total. The molecule has 0 amide bonds. The van der Waals surface area contributed by atoms with E-state index in [4.69, 9.17) is 4.74 Å². The predicted molar refractivity (Wildman–Crippen MR) is 75.7 cm³/mol. The summed E-state index contributed by atoms with van der Waals surface area (Å²) in [5.41, 5.74) is 1.11. The van der Waals surface area contributed by atoms with Crippen LogP contribution in [0.2, 0.25) is 0 Å². The Morgan fingerprint density at radius 3 is 2.55 bits per heavy atom. The molecule has 0 radical (unpaired) electrons. The van der Waals surface area contributed by atoms with Crippen molar-refractivity contribution in [3.05, 3.63) is 63.6 Å². The van der Waals surface area contributed by atoms with Crippen LogP contribution < -0.4 is 4.74 Å². The molecule has 1 atom stereocenters. The van der Waals surface area contributed by atoms with Crippen LogP contribution in [0.5, 0.6) is 5.75 Å². The molecule has 0 spiro atoms. The molecule has 1 N–H and O–H groups in total. The molecule has 0 aliphatic rings. The van der Waals surface area contributed by atoms with E-state index < -0.39 is 17.7 Å². The summed E-state index contributed by atoms with van der Waals surface area (Å²) in [5.74, 6) is -1.28. The molecule has 0 aromatic heterocycles. The van der Waals surface area contributed by atoms with Gasteiger partial charge in [-0.1, -0.05) is 28.1 Å². The Bertz CT molecular complexity index is 617. The second kappa shape index (κ2) is 6.33. The fraction of sp³-hybridized carbons (Fsp3) is 0.200. The summed E-state index contributed by atoms with van der Waals surface area (Å²) in [6.07, 6.45) is -0.683. The minimum Gasteiger partial charge on any atom is -0.496 e. The molecule has 0 saturated carbocycles. The lowest BCUT2D eigenvalue weighted by Crippen LogP contribution is -2.04. The highest BCUT2D eigenvalue weighted by Crippen LogP contribution is 2.30. The highest BCUT2D eigenvalue weighted by atomic mass is 79.9. The Morgan fingerprint density at radius 2 is 1.90 bits per heavy atom. The monoisotopic (exact) mass is 342 g/mol. The van der Waals surface area contributed by atoms with Crippen molar-refractivity contribution in [2.75, 3.05) is 7.11 Å². The first-order chi connectivity index (χ1) is 9.51. The molecule has 0 aliphatic heterocycles. The summed E-state index contributed by atoms with van der Waals surface area (Å²) in [7, 11) is 1.51. The Hall–Kier alpha value is -1.46. The number of hydrogen-bond acceptors (Lipinski definition) is 2. The van der Waals surface area contributed by atoms with Gasteiger partial charge in [0.05, 0.1) is 13.2 Å². The first kappa shape index (κ1) is 14.9. The fourth-order valence-electron chi connectivity index (χ4n) is 1.96. The smallest absolute Gasteiger partial charge is 0.159 e. The molecule has 0 saturated heterocycles. The van der Waals surface area contributed by atoms with Crippen molar-refractivity contribution in [2.24, 2.45) is 0 Å². The van der Waals surface area contributed by atoms with E-state index in [1.807, 2.05) is 0 Å².